The molecule has 25 heavy (non-hydrogen) atoms. The number of pyridine rings is 1. The summed E-state index contributed by atoms with van der Waals surface area (Å²) in [5.41, 5.74) is 1.09. The molecule has 3 heterocycles. The lowest BCUT2D eigenvalue weighted by Gasteiger charge is -2.19. The predicted molar refractivity (Wildman–Crippen MR) is 91.8 cm³/mol. The third-order valence-electron chi connectivity index (χ3n) is 4.82. The third kappa shape index (κ3) is 2.52. The van der Waals surface area contributed by atoms with Crippen LogP contribution in [0, 0.1) is 0 Å². The van der Waals surface area contributed by atoms with Gasteiger partial charge in [-0.3, -0.25) is 4.79 Å². The number of hydrogen-bond donors (Lipinski definition) is 3. The van der Waals surface area contributed by atoms with Gasteiger partial charge in [0.15, 0.2) is 5.56 Å². The standard InChI is InChI=1S/C18H18N2O5/c21-16-12-5-8-25-13-9-10(20-6-1-2-7-20)3-4-11(13)15(12)19-17(22)14(16)18(23)24/h3-4,9H,1-2,5-8H2,(H,23,24)(H2,19,21,22). The van der Waals surface area contributed by atoms with Crippen molar-refractivity contribution in [2.75, 3.05) is 24.6 Å². The Kier molecular flexibility index (Phi) is 3.63. The monoisotopic (exact) mass is 342 g/mol. The van der Waals surface area contributed by atoms with E-state index < -0.39 is 22.8 Å². The van der Waals surface area contributed by atoms with Crippen molar-refractivity contribution in [3.63, 3.8) is 0 Å². The molecule has 2 aromatic rings. The average Bonchev–Trinajstić information content (AvgIpc) is 3.04. The number of fused-ring (bicyclic) bond motifs is 3. The van der Waals surface area contributed by atoms with Gasteiger partial charge in [-0.25, -0.2) is 4.79 Å². The molecule has 0 amide bonds. The van der Waals surface area contributed by atoms with Gasteiger partial charge in [-0.2, -0.15) is 0 Å². The summed E-state index contributed by atoms with van der Waals surface area (Å²) in [6, 6.07) is 5.75. The lowest BCUT2D eigenvalue weighted by molar-refractivity contribution is 0.0691. The number of carboxylic acid groups (broad SMARTS) is 1. The zero-order valence-electron chi connectivity index (χ0n) is 13.5. The van der Waals surface area contributed by atoms with Crippen LogP contribution in [0.2, 0.25) is 0 Å². The van der Waals surface area contributed by atoms with Crippen molar-refractivity contribution < 1.29 is 19.7 Å². The summed E-state index contributed by atoms with van der Waals surface area (Å²) >= 11 is 0. The van der Waals surface area contributed by atoms with E-state index in [-0.39, 0.29) is 0 Å². The minimum absolute atomic E-state index is 0.294. The summed E-state index contributed by atoms with van der Waals surface area (Å²) in [6.45, 7) is 2.31. The van der Waals surface area contributed by atoms with Crippen LogP contribution in [0.4, 0.5) is 5.69 Å². The maximum Gasteiger partial charge on any atom is 0.345 e. The van der Waals surface area contributed by atoms with Crippen molar-refractivity contribution in [3.8, 4) is 22.8 Å². The van der Waals surface area contributed by atoms with E-state index >= 15 is 0 Å². The van der Waals surface area contributed by atoms with Gasteiger partial charge in [-0.05, 0) is 25.0 Å². The molecule has 0 saturated carbocycles. The van der Waals surface area contributed by atoms with Gasteiger partial charge in [0.25, 0.3) is 5.56 Å². The first kappa shape index (κ1) is 15.6. The molecule has 1 fully saturated rings. The molecule has 0 aliphatic carbocycles. The van der Waals surface area contributed by atoms with Crippen LogP contribution in [0.3, 0.4) is 0 Å². The SMILES string of the molecule is O=C(O)c1c(O)c2c([nH]c1=O)-c1ccc(N3CCCC3)cc1OCC2. The van der Waals surface area contributed by atoms with Crippen molar-refractivity contribution in [2.24, 2.45) is 0 Å². The average molecular weight is 342 g/mol. The van der Waals surface area contributed by atoms with Crippen molar-refractivity contribution in [3.05, 3.63) is 39.7 Å². The number of hydrogen-bond acceptors (Lipinski definition) is 5. The number of nitrogens with zero attached hydrogens (tertiary/aromatic N) is 1. The van der Waals surface area contributed by atoms with Gasteiger partial charge < -0.3 is 24.8 Å². The Morgan fingerprint density at radius 1 is 1.24 bits per heavy atom. The van der Waals surface area contributed by atoms with Crippen molar-refractivity contribution >= 4 is 11.7 Å². The summed E-state index contributed by atoms with van der Waals surface area (Å²) in [5.74, 6) is -1.30. The summed E-state index contributed by atoms with van der Waals surface area (Å²) < 4.78 is 5.82. The number of nitrogens with one attached hydrogen (secondary N) is 1. The lowest BCUT2D eigenvalue weighted by atomic mass is 10.00. The highest BCUT2D eigenvalue weighted by Gasteiger charge is 2.26. The number of H-pyrrole nitrogens is 1. The highest BCUT2D eigenvalue weighted by molar-refractivity contribution is 5.92. The van der Waals surface area contributed by atoms with E-state index in [4.69, 9.17) is 9.84 Å². The van der Waals surface area contributed by atoms with E-state index in [9.17, 15) is 14.7 Å². The molecule has 3 N–H and O–H groups in total. The number of carboxylic acids is 1. The van der Waals surface area contributed by atoms with Crippen LogP contribution in [0.1, 0.15) is 28.8 Å². The molecule has 2 aliphatic rings. The smallest absolute Gasteiger partial charge is 0.345 e. The van der Waals surface area contributed by atoms with E-state index in [2.05, 4.69) is 9.88 Å². The Hall–Kier alpha value is -2.96. The topological polar surface area (TPSA) is 103 Å². The largest absolute Gasteiger partial charge is 0.506 e. The second-order valence-electron chi connectivity index (χ2n) is 6.31. The number of aromatic carboxylic acids is 1. The normalized spacial score (nSPS) is 15.9. The van der Waals surface area contributed by atoms with Gasteiger partial charge in [0.1, 0.15) is 11.5 Å². The number of aromatic nitrogens is 1. The number of aromatic amines is 1. The van der Waals surface area contributed by atoms with Gasteiger partial charge in [0.05, 0.1) is 12.3 Å². The molecule has 130 valence electrons. The highest BCUT2D eigenvalue weighted by Crippen LogP contribution is 2.39. The van der Waals surface area contributed by atoms with E-state index in [0.29, 0.717) is 35.6 Å². The van der Waals surface area contributed by atoms with Crippen LogP contribution in [0.25, 0.3) is 11.3 Å². The van der Waals surface area contributed by atoms with Crippen molar-refractivity contribution in [1.29, 1.82) is 0 Å². The van der Waals surface area contributed by atoms with Gasteiger partial charge in [0.2, 0.25) is 0 Å². The minimum atomic E-state index is -1.45. The van der Waals surface area contributed by atoms with Gasteiger partial charge in [-0.1, -0.05) is 0 Å². The van der Waals surface area contributed by atoms with E-state index in [1.807, 2.05) is 18.2 Å². The first-order valence-corrected chi connectivity index (χ1v) is 8.30. The Morgan fingerprint density at radius 3 is 2.72 bits per heavy atom. The molecule has 0 radical (unpaired) electrons. The Labute approximate surface area is 143 Å². The summed E-state index contributed by atoms with van der Waals surface area (Å²) in [6.07, 6.45) is 2.64. The van der Waals surface area contributed by atoms with Crippen LogP contribution in [0.5, 0.6) is 11.5 Å². The molecule has 1 aromatic heterocycles. The number of ether oxygens (including phenoxy) is 1. The van der Waals surface area contributed by atoms with E-state index in [1.165, 1.54) is 12.8 Å². The fourth-order valence-electron chi connectivity index (χ4n) is 3.57. The fraction of sp³-hybridized carbons (Fsp3) is 0.333. The fourth-order valence-corrected chi connectivity index (χ4v) is 3.57. The van der Waals surface area contributed by atoms with Crippen LogP contribution in [-0.2, 0) is 6.42 Å². The maximum atomic E-state index is 12.1. The zero-order valence-corrected chi connectivity index (χ0v) is 13.5. The second-order valence-corrected chi connectivity index (χ2v) is 6.31. The summed E-state index contributed by atoms with van der Waals surface area (Å²) in [5, 5.41) is 19.5. The summed E-state index contributed by atoms with van der Waals surface area (Å²) in [4.78, 5) is 28.2. The first-order valence-electron chi connectivity index (χ1n) is 8.30. The molecule has 7 nitrogen and oxygen atoms in total. The lowest BCUT2D eigenvalue weighted by Crippen LogP contribution is -2.20. The molecule has 4 rings (SSSR count). The van der Waals surface area contributed by atoms with Gasteiger partial charge in [0, 0.05) is 42.4 Å². The second kappa shape index (κ2) is 5.84. The van der Waals surface area contributed by atoms with E-state index in [1.54, 1.807) is 0 Å². The Balaban J connectivity index is 1.87. The molecule has 0 bridgehead atoms. The van der Waals surface area contributed by atoms with Crippen LogP contribution in [0.15, 0.2) is 23.0 Å². The maximum absolute atomic E-state index is 12.1. The number of benzene rings is 1. The minimum Gasteiger partial charge on any atom is -0.506 e. The number of rotatable bonds is 2. The summed E-state index contributed by atoms with van der Waals surface area (Å²) in [7, 11) is 0. The molecule has 0 unspecified atom stereocenters. The van der Waals surface area contributed by atoms with E-state index in [0.717, 1.165) is 18.8 Å². The zero-order chi connectivity index (χ0) is 17.6. The Morgan fingerprint density at radius 2 is 2.00 bits per heavy atom. The quantitative estimate of drug-likeness (QED) is 0.771. The number of anilines is 1. The third-order valence-corrected chi connectivity index (χ3v) is 4.82. The molecule has 1 aromatic carbocycles. The van der Waals surface area contributed by atoms with Crippen LogP contribution < -0.4 is 15.2 Å². The van der Waals surface area contributed by atoms with Crippen LogP contribution >= 0.6 is 0 Å². The Bertz CT molecular complexity index is 912. The van der Waals surface area contributed by atoms with Gasteiger partial charge in [-0.15, -0.1) is 0 Å². The van der Waals surface area contributed by atoms with Crippen molar-refractivity contribution in [2.45, 2.75) is 19.3 Å². The molecule has 7 heteroatoms. The predicted octanol–water partition coefficient (Wildman–Crippen LogP) is 1.98. The molecule has 0 spiro atoms. The molecule has 0 atom stereocenters. The molecular formula is C18H18N2O5. The van der Waals surface area contributed by atoms with Gasteiger partial charge >= 0.3 is 5.97 Å². The van der Waals surface area contributed by atoms with Crippen molar-refractivity contribution in [1.82, 2.24) is 4.98 Å². The molecular weight excluding hydrogens is 324 g/mol. The highest BCUT2D eigenvalue weighted by atomic mass is 16.5. The first-order chi connectivity index (χ1) is 12.1. The van der Waals surface area contributed by atoms with Crippen LogP contribution in [-0.4, -0.2) is 40.9 Å². The molecule has 2 aliphatic heterocycles. The number of aromatic hydroxyl groups is 1. The molecule has 1 saturated heterocycles. The number of carbonyl (C=O) groups is 1.